The normalized spacial score (nSPS) is 17.8. The highest BCUT2D eigenvalue weighted by molar-refractivity contribution is 7.54. The Balaban J connectivity index is 4.94. The molecule has 0 aromatic rings. The van der Waals surface area contributed by atoms with Gasteiger partial charge in [0.2, 0.25) is 0 Å². The third-order valence-corrected chi connectivity index (χ3v) is 6.96. The quantitative estimate of drug-likeness (QED) is 0.527. The predicted molar refractivity (Wildman–Crippen MR) is 76.6 cm³/mol. The maximum absolute atomic E-state index is 12.2. The van der Waals surface area contributed by atoms with E-state index in [2.05, 4.69) is 4.52 Å². The van der Waals surface area contributed by atoms with E-state index in [0.29, 0.717) is 25.7 Å². The Hall–Kier alpha value is 0.260. The summed E-state index contributed by atoms with van der Waals surface area (Å²) in [6.45, 7) is 5.35. The van der Waals surface area contributed by atoms with Crippen molar-refractivity contribution in [1.82, 2.24) is 0 Å². The van der Waals surface area contributed by atoms with Crippen LogP contribution < -0.4 is 0 Å². The van der Waals surface area contributed by atoms with Gasteiger partial charge in [0.15, 0.2) is 0 Å². The van der Waals surface area contributed by atoms with Crippen molar-refractivity contribution in [3.8, 4) is 0 Å². The Morgan fingerprint density at radius 3 is 1.90 bits per heavy atom. The Kier molecular flexibility index (Phi) is 8.15. The number of phosphoric ester groups is 1. The van der Waals surface area contributed by atoms with E-state index in [1.807, 2.05) is 0 Å². The molecule has 9 heteroatoms. The summed E-state index contributed by atoms with van der Waals surface area (Å²) in [6, 6.07) is 0. The molecule has 0 aliphatic carbocycles. The first kappa shape index (κ1) is 20.3. The van der Waals surface area contributed by atoms with Crippen LogP contribution in [0.25, 0.3) is 0 Å². The molecule has 0 radical (unpaired) electrons. The van der Waals surface area contributed by atoms with Crippen molar-refractivity contribution in [3.63, 3.8) is 0 Å². The Bertz CT molecular complexity index is 375. The maximum atomic E-state index is 12.2. The van der Waals surface area contributed by atoms with Crippen LogP contribution in [-0.2, 0) is 18.2 Å². The van der Waals surface area contributed by atoms with Crippen LogP contribution in [0.2, 0.25) is 0 Å². The molecule has 0 aliphatic rings. The molecule has 0 saturated carbocycles. The van der Waals surface area contributed by atoms with Crippen LogP contribution >= 0.6 is 15.4 Å². The summed E-state index contributed by atoms with van der Waals surface area (Å²) in [6.07, 6.45) is 1.24. The molecule has 3 N–H and O–H groups in total. The molecule has 2 atom stereocenters. The van der Waals surface area contributed by atoms with Gasteiger partial charge in [-0.3, -0.25) is 9.09 Å². The molecule has 0 amide bonds. The number of rotatable bonds is 10. The van der Waals surface area contributed by atoms with Crippen molar-refractivity contribution in [2.45, 2.75) is 64.1 Å². The molecule has 0 aromatic heterocycles. The molecule has 0 rings (SSSR count). The second-order valence-electron chi connectivity index (χ2n) is 4.80. The zero-order chi connectivity index (χ0) is 16.0. The largest absolute Gasteiger partial charge is 0.469 e. The smallest absolute Gasteiger partial charge is 0.324 e. The summed E-state index contributed by atoms with van der Waals surface area (Å²) in [7, 11) is -7.13. The van der Waals surface area contributed by atoms with Gasteiger partial charge in [-0.05, 0) is 32.1 Å². The van der Waals surface area contributed by atoms with Crippen LogP contribution in [0.5, 0.6) is 0 Å². The van der Waals surface area contributed by atoms with Gasteiger partial charge in [0.25, 0.3) is 0 Å². The fourth-order valence-corrected chi connectivity index (χ4v) is 4.53. The summed E-state index contributed by atoms with van der Waals surface area (Å²) < 4.78 is 32.5. The van der Waals surface area contributed by atoms with E-state index in [9.17, 15) is 14.0 Å². The second-order valence-corrected chi connectivity index (χ2v) is 8.35. The van der Waals surface area contributed by atoms with Crippen LogP contribution in [-0.4, -0.2) is 33.1 Å². The van der Waals surface area contributed by atoms with Crippen molar-refractivity contribution >= 4 is 15.4 Å². The maximum Gasteiger partial charge on any atom is 0.469 e. The van der Waals surface area contributed by atoms with E-state index in [4.69, 9.17) is 14.3 Å². The van der Waals surface area contributed by atoms with E-state index in [0.717, 1.165) is 0 Å². The first-order valence-electron chi connectivity index (χ1n) is 6.70. The Morgan fingerprint density at radius 1 is 1.10 bits per heavy atom. The van der Waals surface area contributed by atoms with Gasteiger partial charge < -0.3 is 19.2 Å². The molecule has 0 bridgehead atoms. The molecule has 0 spiro atoms. The van der Waals surface area contributed by atoms with Crippen molar-refractivity contribution in [2.24, 2.45) is 0 Å². The minimum absolute atomic E-state index is 0.289. The summed E-state index contributed by atoms with van der Waals surface area (Å²) in [5.41, 5.74) is 0. The minimum atomic E-state index is -4.55. The van der Waals surface area contributed by atoms with E-state index in [-0.39, 0.29) is 6.42 Å². The van der Waals surface area contributed by atoms with Crippen LogP contribution in [0.4, 0.5) is 0 Å². The number of hydrogen-bond acceptors (Lipinski definition) is 4. The Morgan fingerprint density at radius 2 is 1.60 bits per heavy atom. The van der Waals surface area contributed by atoms with Gasteiger partial charge in [-0.25, -0.2) is 4.57 Å². The van der Waals surface area contributed by atoms with E-state index >= 15 is 0 Å². The van der Waals surface area contributed by atoms with Gasteiger partial charge in [0, 0.05) is 7.11 Å². The zero-order valence-corrected chi connectivity index (χ0v) is 14.3. The Labute approximate surface area is 120 Å². The van der Waals surface area contributed by atoms with Crippen LogP contribution in [0.1, 0.15) is 52.9 Å². The lowest BCUT2D eigenvalue weighted by Crippen LogP contribution is -2.30. The van der Waals surface area contributed by atoms with Crippen molar-refractivity contribution in [2.75, 3.05) is 7.11 Å². The summed E-state index contributed by atoms with van der Waals surface area (Å²) in [5, 5.41) is -0.909. The highest BCUT2D eigenvalue weighted by atomic mass is 31.2. The zero-order valence-electron chi connectivity index (χ0n) is 12.5. The molecular weight excluding hydrogens is 306 g/mol. The minimum Gasteiger partial charge on any atom is -0.324 e. The van der Waals surface area contributed by atoms with Crippen molar-refractivity contribution in [1.29, 1.82) is 0 Å². The monoisotopic (exact) mass is 332 g/mol. The van der Waals surface area contributed by atoms with Gasteiger partial charge in [0.1, 0.15) is 0 Å². The first-order valence-corrected chi connectivity index (χ1v) is 9.80. The average Bonchev–Trinajstić information content (AvgIpc) is 2.37. The van der Waals surface area contributed by atoms with E-state index < -0.39 is 26.7 Å². The van der Waals surface area contributed by atoms with Gasteiger partial charge in [-0.1, -0.05) is 20.8 Å². The molecule has 7 nitrogen and oxygen atoms in total. The molecular formula is C11H26O7P2. The molecule has 0 aromatic carbocycles. The van der Waals surface area contributed by atoms with Gasteiger partial charge in [-0.15, -0.1) is 0 Å². The topological polar surface area (TPSA) is 113 Å². The SMILES string of the molecule is CCC(CCC(CC)(CC)P(=O)(O)OC)OP(=O)(O)O. The average molecular weight is 332 g/mol. The van der Waals surface area contributed by atoms with Crippen LogP contribution in [0, 0.1) is 0 Å². The summed E-state index contributed by atoms with van der Waals surface area (Å²) >= 11 is 0. The lowest BCUT2D eigenvalue weighted by atomic mass is 9.94. The highest BCUT2D eigenvalue weighted by Gasteiger charge is 2.45. The lowest BCUT2D eigenvalue weighted by molar-refractivity contribution is 0.117. The van der Waals surface area contributed by atoms with Gasteiger partial charge in [0.05, 0.1) is 11.3 Å². The van der Waals surface area contributed by atoms with Gasteiger partial charge >= 0.3 is 15.4 Å². The molecule has 0 aliphatic heterocycles. The fourth-order valence-electron chi connectivity index (χ4n) is 2.29. The molecule has 0 heterocycles. The van der Waals surface area contributed by atoms with E-state index in [1.165, 1.54) is 7.11 Å². The van der Waals surface area contributed by atoms with Crippen molar-refractivity contribution < 1.29 is 32.9 Å². The summed E-state index contributed by atoms with van der Waals surface area (Å²) in [5.74, 6) is 0. The van der Waals surface area contributed by atoms with Crippen LogP contribution in [0.15, 0.2) is 0 Å². The number of phosphoric acid groups is 1. The molecule has 2 unspecified atom stereocenters. The highest BCUT2D eigenvalue weighted by Crippen LogP contribution is 2.60. The third kappa shape index (κ3) is 5.57. The third-order valence-electron chi connectivity index (χ3n) is 3.84. The first-order chi connectivity index (χ1) is 9.07. The van der Waals surface area contributed by atoms with Crippen LogP contribution in [0.3, 0.4) is 0 Å². The lowest BCUT2D eigenvalue weighted by Gasteiger charge is -2.35. The molecule has 122 valence electrons. The standard InChI is InChI=1S/C11H26O7P2/c1-5-10(18-20(14,15)16)8-9-11(6-2,7-3)19(12,13)17-4/h10H,5-9H2,1-4H3,(H,12,13)(H2,14,15,16). The fraction of sp³-hybridized carbons (Fsp3) is 1.00. The predicted octanol–water partition coefficient (Wildman–Crippen LogP) is 3.05. The van der Waals surface area contributed by atoms with Crippen molar-refractivity contribution in [3.05, 3.63) is 0 Å². The number of hydrogen-bond donors (Lipinski definition) is 3. The summed E-state index contributed by atoms with van der Waals surface area (Å²) in [4.78, 5) is 27.6. The van der Waals surface area contributed by atoms with E-state index in [1.54, 1.807) is 20.8 Å². The molecule has 0 fully saturated rings. The second kappa shape index (κ2) is 8.04. The molecule has 0 saturated heterocycles. The van der Waals surface area contributed by atoms with Gasteiger partial charge in [-0.2, -0.15) is 0 Å². The molecule has 20 heavy (non-hydrogen) atoms.